The highest BCUT2D eigenvalue weighted by Crippen LogP contribution is 2.19. The van der Waals surface area contributed by atoms with E-state index in [1.54, 1.807) is 12.4 Å². The summed E-state index contributed by atoms with van der Waals surface area (Å²) in [7, 11) is 0. The highest BCUT2D eigenvalue weighted by atomic mass is 32.1. The molecule has 19 heavy (non-hydrogen) atoms. The highest BCUT2D eigenvalue weighted by Gasteiger charge is 2.11. The van der Waals surface area contributed by atoms with E-state index >= 15 is 0 Å². The van der Waals surface area contributed by atoms with Crippen LogP contribution in [0.5, 0.6) is 0 Å². The Hall–Kier alpha value is -1.26. The van der Waals surface area contributed by atoms with Crippen molar-refractivity contribution in [2.24, 2.45) is 0 Å². The van der Waals surface area contributed by atoms with Crippen LogP contribution in [0, 0.1) is 0 Å². The van der Waals surface area contributed by atoms with Gasteiger partial charge in [-0.05, 0) is 43.7 Å². The van der Waals surface area contributed by atoms with Gasteiger partial charge in [0.15, 0.2) is 0 Å². The van der Waals surface area contributed by atoms with Gasteiger partial charge in [-0.25, -0.2) is 0 Å². The topological polar surface area (TPSA) is 37.8 Å². The number of thiophene rings is 1. The molecule has 2 aromatic rings. The SMILES string of the molecule is CCCNC(CCCc1cccs1)c1cnccn1. The van der Waals surface area contributed by atoms with Gasteiger partial charge in [0.2, 0.25) is 0 Å². The zero-order chi connectivity index (χ0) is 13.3. The molecule has 2 rings (SSSR count). The summed E-state index contributed by atoms with van der Waals surface area (Å²) in [4.78, 5) is 10.1. The largest absolute Gasteiger partial charge is 0.309 e. The van der Waals surface area contributed by atoms with Crippen molar-refractivity contribution >= 4 is 11.3 Å². The first-order valence-corrected chi connectivity index (χ1v) is 7.79. The van der Waals surface area contributed by atoms with E-state index in [2.05, 4.69) is 39.7 Å². The molecular formula is C15H21N3S. The molecule has 0 fully saturated rings. The summed E-state index contributed by atoms with van der Waals surface area (Å²) in [5.41, 5.74) is 1.06. The van der Waals surface area contributed by atoms with Crippen LogP contribution < -0.4 is 5.32 Å². The first kappa shape index (κ1) is 14.2. The van der Waals surface area contributed by atoms with Gasteiger partial charge in [-0.1, -0.05) is 13.0 Å². The molecule has 1 N–H and O–H groups in total. The zero-order valence-corrected chi connectivity index (χ0v) is 12.2. The van der Waals surface area contributed by atoms with E-state index in [0.717, 1.165) is 31.5 Å². The number of rotatable bonds is 8. The second kappa shape index (κ2) is 8.02. The molecule has 0 aliphatic heterocycles. The van der Waals surface area contributed by atoms with Crippen LogP contribution in [-0.2, 0) is 6.42 Å². The van der Waals surface area contributed by atoms with E-state index in [1.807, 2.05) is 17.5 Å². The fraction of sp³-hybridized carbons (Fsp3) is 0.467. The van der Waals surface area contributed by atoms with Crippen LogP contribution in [-0.4, -0.2) is 16.5 Å². The van der Waals surface area contributed by atoms with Crippen molar-refractivity contribution in [3.8, 4) is 0 Å². The van der Waals surface area contributed by atoms with Gasteiger partial charge in [-0.3, -0.25) is 9.97 Å². The number of aromatic nitrogens is 2. The fourth-order valence-electron chi connectivity index (χ4n) is 2.10. The molecule has 2 heterocycles. The summed E-state index contributed by atoms with van der Waals surface area (Å²) in [6, 6.07) is 4.66. The molecule has 0 amide bonds. The van der Waals surface area contributed by atoms with Crippen LogP contribution in [0.2, 0.25) is 0 Å². The van der Waals surface area contributed by atoms with E-state index in [-0.39, 0.29) is 0 Å². The van der Waals surface area contributed by atoms with Gasteiger partial charge in [-0.15, -0.1) is 11.3 Å². The Bertz CT molecular complexity index is 442. The summed E-state index contributed by atoms with van der Waals surface area (Å²) in [5, 5.41) is 5.71. The second-order valence-corrected chi connectivity index (χ2v) is 5.64. The van der Waals surface area contributed by atoms with E-state index in [9.17, 15) is 0 Å². The Morgan fingerprint density at radius 3 is 3.00 bits per heavy atom. The number of nitrogens with one attached hydrogen (secondary N) is 1. The maximum absolute atomic E-state index is 4.43. The maximum Gasteiger partial charge on any atom is 0.0756 e. The average Bonchev–Trinajstić information content (AvgIpc) is 2.97. The third-order valence-corrected chi connectivity index (χ3v) is 4.01. The Morgan fingerprint density at radius 1 is 1.37 bits per heavy atom. The smallest absolute Gasteiger partial charge is 0.0756 e. The third-order valence-electron chi connectivity index (χ3n) is 3.08. The first-order valence-electron chi connectivity index (χ1n) is 6.92. The van der Waals surface area contributed by atoms with E-state index in [4.69, 9.17) is 0 Å². The lowest BCUT2D eigenvalue weighted by Gasteiger charge is -2.17. The Kier molecular flexibility index (Phi) is 5.98. The molecule has 2 aromatic heterocycles. The highest BCUT2D eigenvalue weighted by molar-refractivity contribution is 7.09. The molecule has 0 bridgehead atoms. The maximum atomic E-state index is 4.43. The zero-order valence-electron chi connectivity index (χ0n) is 11.4. The van der Waals surface area contributed by atoms with Gasteiger partial charge in [0.05, 0.1) is 11.7 Å². The van der Waals surface area contributed by atoms with Gasteiger partial charge in [-0.2, -0.15) is 0 Å². The number of nitrogens with zero attached hydrogens (tertiary/aromatic N) is 2. The minimum atomic E-state index is 0.327. The molecule has 0 radical (unpaired) electrons. The molecule has 0 aliphatic carbocycles. The van der Waals surface area contributed by atoms with Gasteiger partial charge in [0.25, 0.3) is 0 Å². The standard InChI is InChI=1S/C15H21N3S/c1-2-8-17-14(15-12-16-9-10-18-15)7-3-5-13-6-4-11-19-13/h4,6,9-12,14,17H,2-3,5,7-8H2,1H3. The van der Waals surface area contributed by atoms with Crippen molar-refractivity contribution in [3.63, 3.8) is 0 Å². The lowest BCUT2D eigenvalue weighted by molar-refractivity contribution is 0.474. The summed E-state index contributed by atoms with van der Waals surface area (Å²) in [5.74, 6) is 0. The second-order valence-electron chi connectivity index (χ2n) is 4.61. The van der Waals surface area contributed by atoms with Crippen LogP contribution in [0.1, 0.15) is 42.8 Å². The lowest BCUT2D eigenvalue weighted by atomic mass is 10.1. The summed E-state index contributed by atoms with van der Waals surface area (Å²) < 4.78 is 0. The Morgan fingerprint density at radius 2 is 2.32 bits per heavy atom. The van der Waals surface area contributed by atoms with Gasteiger partial charge in [0, 0.05) is 23.5 Å². The number of hydrogen-bond acceptors (Lipinski definition) is 4. The van der Waals surface area contributed by atoms with E-state index in [1.165, 1.54) is 11.3 Å². The molecule has 3 nitrogen and oxygen atoms in total. The predicted octanol–water partition coefficient (Wildman–Crippen LogP) is 3.60. The molecular weight excluding hydrogens is 254 g/mol. The van der Waals surface area contributed by atoms with Crippen LogP contribution in [0.25, 0.3) is 0 Å². The summed E-state index contributed by atoms with van der Waals surface area (Å²) in [6.45, 7) is 3.21. The minimum Gasteiger partial charge on any atom is -0.309 e. The monoisotopic (exact) mass is 275 g/mol. The van der Waals surface area contributed by atoms with Crippen LogP contribution in [0.15, 0.2) is 36.1 Å². The molecule has 1 atom stereocenters. The molecule has 0 spiro atoms. The normalized spacial score (nSPS) is 12.5. The molecule has 0 saturated heterocycles. The van der Waals surface area contributed by atoms with Gasteiger partial charge >= 0.3 is 0 Å². The van der Waals surface area contributed by atoms with Crippen LogP contribution in [0.3, 0.4) is 0 Å². The molecule has 1 unspecified atom stereocenters. The van der Waals surface area contributed by atoms with Crippen molar-refractivity contribution in [2.45, 2.75) is 38.6 Å². The molecule has 0 aliphatic rings. The van der Waals surface area contributed by atoms with Gasteiger partial charge < -0.3 is 5.32 Å². The number of hydrogen-bond donors (Lipinski definition) is 1. The summed E-state index contributed by atoms with van der Waals surface area (Å²) >= 11 is 1.84. The Balaban J connectivity index is 1.87. The molecule has 102 valence electrons. The van der Waals surface area contributed by atoms with Crippen molar-refractivity contribution in [1.29, 1.82) is 0 Å². The van der Waals surface area contributed by atoms with Crippen molar-refractivity contribution < 1.29 is 0 Å². The van der Waals surface area contributed by atoms with Crippen molar-refractivity contribution in [1.82, 2.24) is 15.3 Å². The van der Waals surface area contributed by atoms with E-state index in [0.29, 0.717) is 6.04 Å². The van der Waals surface area contributed by atoms with Crippen molar-refractivity contribution in [2.75, 3.05) is 6.54 Å². The van der Waals surface area contributed by atoms with Crippen LogP contribution >= 0.6 is 11.3 Å². The quantitative estimate of drug-likeness (QED) is 0.800. The minimum absolute atomic E-state index is 0.327. The summed E-state index contributed by atoms with van der Waals surface area (Å²) in [6.07, 6.45) is 9.96. The fourth-order valence-corrected chi connectivity index (χ4v) is 2.85. The van der Waals surface area contributed by atoms with E-state index < -0.39 is 0 Å². The first-order chi connectivity index (χ1) is 9.40. The molecule has 0 saturated carbocycles. The van der Waals surface area contributed by atoms with Crippen molar-refractivity contribution in [3.05, 3.63) is 46.7 Å². The van der Waals surface area contributed by atoms with Crippen LogP contribution in [0.4, 0.5) is 0 Å². The molecule has 4 heteroatoms. The lowest BCUT2D eigenvalue weighted by Crippen LogP contribution is -2.23. The third kappa shape index (κ3) is 4.73. The van der Waals surface area contributed by atoms with Gasteiger partial charge in [0.1, 0.15) is 0 Å². The Labute approximate surface area is 119 Å². The molecule has 0 aromatic carbocycles. The predicted molar refractivity (Wildman–Crippen MR) is 80.3 cm³/mol. The number of aryl methyl sites for hydroxylation is 1. The average molecular weight is 275 g/mol.